The number of anilines is 2. The first kappa shape index (κ1) is 12.6. The number of likely N-dealkylation sites (tertiary alicyclic amines) is 1. The van der Waals surface area contributed by atoms with Crippen molar-refractivity contribution in [3.05, 3.63) is 16.7 Å². The average Bonchev–Trinajstić information content (AvgIpc) is 2.78. The summed E-state index contributed by atoms with van der Waals surface area (Å²) in [6.07, 6.45) is 4.46. The van der Waals surface area contributed by atoms with Gasteiger partial charge < -0.3 is 15.5 Å². The molecule has 94 valence electrons. The third-order valence-electron chi connectivity index (χ3n) is 3.17. The van der Waals surface area contributed by atoms with Crippen LogP contribution in [0.1, 0.15) is 12.8 Å². The lowest BCUT2D eigenvalue weighted by Crippen LogP contribution is -2.32. The normalized spacial score (nSPS) is 16.4. The fraction of sp³-hybridized carbons (Fsp3) is 0.583. The predicted octanol–water partition coefficient (Wildman–Crippen LogP) is 1.96. The molecule has 0 aliphatic carbocycles. The smallest absolute Gasteiger partial charge is 0.151 e. The van der Waals surface area contributed by atoms with E-state index < -0.39 is 0 Å². The Labute approximate surface area is 111 Å². The van der Waals surface area contributed by atoms with E-state index in [1.54, 1.807) is 6.20 Å². The minimum absolute atomic E-state index is 0.725. The van der Waals surface area contributed by atoms with Crippen molar-refractivity contribution in [3.63, 3.8) is 0 Å². The molecular formula is C12H19BrN4. The Kier molecular flexibility index (Phi) is 4.23. The molecule has 0 bridgehead atoms. The fourth-order valence-electron chi connectivity index (χ4n) is 2.17. The maximum atomic E-state index is 5.96. The summed E-state index contributed by atoms with van der Waals surface area (Å²) in [5.74, 6) is 0.868. The van der Waals surface area contributed by atoms with Crippen LogP contribution in [-0.2, 0) is 0 Å². The fourth-order valence-corrected chi connectivity index (χ4v) is 2.52. The Morgan fingerprint density at radius 2 is 2.18 bits per heavy atom. The molecule has 4 nitrogen and oxygen atoms in total. The van der Waals surface area contributed by atoms with Crippen LogP contribution in [0.15, 0.2) is 16.7 Å². The van der Waals surface area contributed by atoms with Crippen molar-refractivity contribution in [2.45, 2.75) is 12.8 Å². The minimum Gasteiger partial charge on any atom is -0.396 e. The van der Waals surface area contributed by atoms with Gasteiger partial charge in [0.1, 0.15) is 0 Å². The molecule has 0 radical (unpaired) electrons. The monoisotopic (exact) mass is 298 g/mol. The molecule has 17 heavy (non-hydrogen) atoms. The molecule has 1 aliphatic heterocycles. The Hall–Kier alpha value is -0.810. The third-order valence-corrected chi connectivity index (χ3v) is 3.61. The molecule has 2 N–H and O–H groups in total. The van der Waals surface area contributed by atoms with E-state index in [9.17, 15) is 0 Å². The van der Waals surface area contributed by atoms with Crippen molar-refractivity contribution in [2.75, 3.05) is 43.9 Å². The number of aromatic nitrogens is 1. The van der Waals surface area contributed by atoms with Gasteiger partial charge in [0.25, 0.3) is 0 Å². The van der Waals surface area contributed by atoms with Crippen LogP contribution in [0.2, 0.25) is 0 Å². The number of rotatable bonds is 4. The molecule has 0 amide bonds. The molecule has 2 rings (SSSR count). The van der Waals surface area contributed by atoms with E-state index in [2.05, 4.69) is 30.7 Å². The Bertz CT molecular complexity index is 377. The summed E-state index contributed by atoms with van der Waals surface area (Å²) in [5.41, 5.74) is 6.68. The van der Waals surface area contributed by atoms with Crippen LogP contribution in [0.25, 0.3) is 0 Å². The molecule has 1 fully saturated rings. The van der Waals surface area contributed by atoms with Crippen LogP contribution in [0, 0.1) is 0 Å². The summed E-state index contributed by atoms with van der Waals surface area (Å²) in [6, 6.07) is 1.90. The lowest BCUT2D eigenvalue weighted by molar-refractivity contribution is 0.346. The maximum absolute atomic E-state index is 5.96. The molecule has 1 aromatic heterocycles. The maximum Gasteiger partial charge on any atom is 0.151 e. The number of hydrogen-bond donors (Lipinski definition) is 1. The second kappa shape index (κ2) is 5.69. The van der Waals surface area contributed by atoms with Crippen molar-refractivity contribution in [3.8, 4) is 0 Å². The number of nitrogens with two attached hydrogens (primary N) is 1. The van der Waals surface area contributed by atoms with Crippen LogP contribution in [0.4, 0.5) is 11.5 Å². The van der Waals surface area contributed by atoms with E-state index in [-0.39, 0.29) is 0 Å². The predicted molar refractivity (Wildman–Crippen MR) is 75.3 cm³/mol. The van der Waals surface area contributed by atoms with Gasteiger partial charge in [0.2, 0.25) is 0 Å². The van der Waals surface area contributed by atoms with E-state index in [1.807, 2.05) is 13.1 Å². The first-order valence-corrected chi connectivity index (χ1v) is 6.80. The van der Waals surface area contributed by atoms with E-state index >= 15 is 0 Å². The van der Waals surface area contributed by atoms with E-state index in [0.717, 1.165) is 29.1 Å². The molecule has 0 saturated carbocycles. The van der Waals surface area contributed by atoms with Gasteiger partial charge in [0, 0.05) is 30.8 Å². The molecule has 0 spiro atoms. The van der Waals surface area contributed by atoms with Crippen LogP contribution >= 0.6 is 15.9 Å². The highest BCUT2D eigenvalue weighted by molar-refractivity contribution is 9.10. The second-order valence-electron chi connectivity index (χ2n) is 4.54. The summed E-state index contributed by atoms with van der Waals surface area (Å²) >= 11 is 3.37. The number of nitrogens with zero attached hydrogens (tertiary/aromatic N) is 3. The van der Waals surface area contributed by atoms with Gasteiger partial charge >= 0.3 is 0 Å². The second-order valence-corrected chi connectivity index (χ2v) is 5.45. The minimum atomic E-state index is 0.725. The SMILES string of the molecule is CN(CCN1CCCC1)c1ncc(Br)cc1N. The van der Waals surface area contributed by atoms with Crippen LogP contribution in [0.3, 0.4) is 0 Å². The van der Waals surface area contributed by atoms with Crippen molar-refractivity contribution in [1.82, 2.24) is 9.88 Å². The molecule has 0 atom stereocenters. The zero-order valence-corrected chi connectivity index (χ0v) is 11.8. The quantitative estimate of drug-likeness (QED) is 0.923. The number of pyridine rings is 1. The van der Waals surface area contributed by atoms with E-state index in [1.165, 1.54) is 25.9 Å². The molecular weight excluding hydrogens is 280 g/mol. The number of likely N-dealkylation sites (N-methyl/N-ethyl adjacent to an activating group) is 1. The zero-order chi connectivity index (χ0) is 12.3. The first-order valence-electron chi connectivity index (χ1n) is 6.01. The number of halogens is 1. The highest BCUT2D eigenvalue weighted by Gasteiger charge is 2.13. The molecule has 1 aliphatic rings. The van der Waals surface area contributed by atoms with Crippen molar-refractivity contribution in [2.24, 2.45) is 0 Å². The van der Waals surface area contributed by atoms with Gasteiger partial charge in [0.15, 0.2) is 5.82 Å². The molecule has 1 saturated heterocycles. The molecule has 2 heterocycles. The standard InChI is InChI=1S/C12H19BrN4/c1-16(6-7-17-4-2-3-5-17)12-11(14)8-10(13)9-15-12/h8-9H,2-7,14H2,1H3. The van der Waals surface area contributed by atoms with Crippen molar-refractivity contribution in [1.29, 1.82) is 0 Å². The van der Waals surface area contributed by atoms with Gasteiger partial charge in [-0.05, 0) is 47.9 Å². The summed E-state index contributed by atoms with van der Waals surface area (Å²) in [7, 11) is 2.04. The van der Waals surface area contributed by atoms with Crippen molar-refractivity contribution >= 4 is 27.4 Å². The van der Waals surface area contributed by atoms with Crippen LogP contribution in [0.5, 0.6) is 0 Å². The summed E-state index contributed by atoms with van der Waals surface area (Å²) in [4.78, 5) is 8.98. The van der Waals surface area contributed by atoms with E-state index in [4.69, 9.17) is 5.73 Å². The molecule has 0 unspecified atom stereocenters. The Morgan fingerprint density at radius 3 is 2.82 bits per heavy atom. The molecule has 5 heteroatoms. The van der Waals surface area contributed by atoms with Crippen LogP contribution in [-0.4, -0.2) is 43.1 Å². The van der Waals surface area contributed by atoms with Gasteiger partial charge in [-0.15, -0.1) is 0 Å². The summed E-state index contributed by atoms with van der Waals surface area (Å²) in [5, 5.41) is 0. The van der Waals surface area contributed by atoms with Gasteiger partial charge in [0.05, 0.1) is 5.69 Å². The lowest BCUT2D eigenvalue weighted by atomic mass is 10.3. The summed E-state index contributed by atoms with van der Waals surface area (Å²) < 4.78 is 0.923. The van der Waals surface area contributed by atoms with E-state index in [0.29, 0.717) is 0 Å². The third kappa shape index (κ3) is 3.33. The molecule has 0 aromatic carbocycles. The highest BCUT2D eigenvalue weighted by Crippen LogP contribution is 2.22. The van der Waals surface area contributed by atoms with Gasteiger partial charge in [-0.1, -0.05) is 0 Å². The Morgan fingerprint density at radius 1 is 1.47 bits per heavy atom. The molecule has 1 aromatic rings. The number of hydrogen-bond acceptors (Lipinski definition) is 4. The lowest BCUT2D eigenvalue weighted by Gasteiger charge is -2.23. The first-order chi connectivity index (χ1) is 8.16. The topological polar surface area (TPSA) is 45.4 Å². The average molecular weight is 299 g/mol. The van der Waals surface area contributed by atoms with Gasteiger partial charge in [-0.25, -0.2) is 4.98 Å². The summed E-state index contributed by atoms with van der Waals surface area (Å²) in [6.45, 7) is 4.53. The van der Waals surface area contributed by atoms with Crippen molar-refractivity contribution < 1.29 is 0 Å². The highest BCUT2D eigenvalue weighted by atomic mass is 79.9. The van der Waals surface area contributed by atoms with Gasteiger partial charge in [-0.3, -0.25) is 0 Å². The van der Waals surface area contributed by atoms with Gasteiger partial charge in [-0.2, -0.15) is 0 Å². The number of nitrogen functional groups attached to an aromatic ring is 1. The largest absolute Gasteiger partial charge is 0.396 e. The zero-order valence-electron chi connectivity index (χ0n) is 10.2. The Balaban J connectivity index is 1.91. The van der Waals surface area contributed by atoms with Crippen LogP contribution < -0.4 is 10.6 Å².